The topological polar surface area (TPSA) is 12.0 Å². The second-order valence-electron chi connectivity index (χ2n) is 4.59. The highest BCUT2D eigenvalue weighted by Crippen LogP contribution is 2.33. The van der Waals surface area contributed by atoms with Crippen LogP contribution in [0.3, 0.4) is 0 Å². The summed E-state index contributed by atoms with van der Waals surface area (Å²) >= 11 is 0. The van der Waals surface area contributed by atoms with Crippen LogP contribution >= 0.6 is 0 Å². The van der Waals surface area contributed by atoms with Crippen LogP contribution in [-0.4, -0.2) is 6.54 Å². The Bertz CT molecular complexity index is 410. The van der Waals surface area contributed by atoms with E-state index in [2.05, 4.69) is 11.9 Å². The van der Waals surface area contributed by atoms with Crippen molar-refractivity contribution in [3.8, 4) is 0 Å². The van der Waals surface area contributed by atoms with E-state index in [-0.39, 0.29) is 5.56 Å². The van der Waals surface area contributed by atoms with E-state index in [1.165, 1.54) is 19.1 Å². The van der Waals surface area contributed by atoms with Crippen molar-refractivity contribution < 1.29 is 13.2 Å². The number of allylic oxidation sites excluding steroid dienone is 1. The summed E-state index contributed by atoms with van der Waals surface area (Å²) in [7, 11) is 0. The quantitative estimate of drug-likeness (QED) is 0.532. The van der Waals surface area contributed by atoms with Crippen LogP contribution in [-0.2, 0) is 6.18 Å². The van der Waals surface area contributed by atoms with Gasteiger partial charge in [0.2, 0.25) is 0 Å². The van der Waals surface area contributed by atoms with Gasteiger partial charge in [0.15, 0.2) is 0 Å². The zero-order chi connectivity index (χ0) is 14.3. The molecule has 0 heterocycles. The van der Waals surface area contributed by atoms with Gasteiger partial charge in [0.25, 0.3) is 0 Å². The summed E-state index contributed by atoms with van der Waals surface area (Å²) in [5, 5.41) is 3.04. The number of benzene rings is 1. The monoisotopic (exact) mass is 271 g/mol. The van der Waals surface area contributed by atoms with E-state index in [1.807, 2.05) is 6.08 Å². The van der Waals surface area contributed by atoms with Gasteiger partial charge >= 0.3 is 6.18 Å². The Morgan fingerprint density at radius 3 is 2.58 bits per heavy atom. The fraction of sp³-hybridized carbons (Fsp3) is 0.467. The number of hydrogen-bond acceptors (Lipinski definition) is 1. The van der Waals surface area contributed by atoms with Crippen molar-refractivity contribution in [2.45, 2.75) is 38.8 Å². The van der Waals surface area contributed by atoms with Gasteiger partial charge in [-0.25, -0.2) is 0 Å². The maximum atomic E-state index is 12.7. The molecule has 0 bridgehead atoms. The first kappa shape index (κ1) is 15.6. The smallest absolute Gasteiger partial charge is 0.385 e. The number of nitrogens with one attached hydrogen (secondary N) is 1. The minimum atomic E-state index is -4.29. The van der Waals surface area contributed by atoms with E-state index in [0.717, 1.165) is 25.7 Å². The highest BCUT2D eigenvalue weighted by molar-refractivity contribution is 5.49. The van der Waals surface area contributed by atoms with Gasteiger partial charge < -0.3 is 5.32 Å². The van der Waals surface area contributed by atoms with Crippen LogP contribution < -0.4 is 5.32 Å². The van der Waals surface area contributed by atoms with Crippen molar-refractivity contribution in [1.82, 2.24) is 0 Å². The SMILES string of the molecule is C=CCCCCCNc1ccc(C)c(C(F)(F)F)c1. The van der Waals surface area contributed by atoms with Gasteiger partial charge in [-0.1, -0.05) is 18.6 Å². The first-order valence-electron chi connectivity index (χ1n) is 6.48. The molecule has 0 aliphatic carbocycles. The molecule has 0 unspecified atom stereocenters. The van der Waals surface area contributed by atoms with Crippen LogP contribution in [0.4, 0.5) is 18.9 Å². The Balaban J connectivity index is 2.49. The molecule has 1 N–H and O–H groups in total. The van der Waals surface area contributed by atoms with Gasteiger partial charge in [0, 0.05) is 12.2 Å². The minimum absolute atomic E-state index is 0.254. The van der Waals surface area contributed by atoms with E-state index in [4.69, 9.17) is 0 Å². The summed E-state index contributed by atoms with van der Waals surface area (Å²) in [4.78, 5) is 0. The highest BCUT2D eigenvalue weighted by atomic mass is 19.4. The minimum Gasteiger partial charge on any atom is -0.385 e. The molecule has 0 amide bonds. The molecule has 1 nitrogen and oxygen atoms in total. The molecular weight excluding hydrogens is 251 g/mol. The molecule has 0 atom stereocenters. The van der Waals surface area contributed by atoms with Gasteiger partial charge in [-0.05, 0) is 43.9 Å². The maximum Gasteiger partial charge on any atom is 0.416 e. The van der Waals surface area contributed by atoms with Crippen molar-refractivity contribution >= 4 is 5.69 Å². The van der Waals surface area contributed by atoms with Crippen LogP contribution in [0.2, 0.25) is 0 Å². The van der Waals surface area contributed by atoms with E-state index < -0.39 is 11.7 Å². The Morgan fingerprint density at radius 1 is 1.21 bits per heavy atom. The summed E-state index contributed by atoms with van der Waals surface area (Å²) in [6, 6.07) is 4.37. The predicted molar refractivity (Wildman–Crippen MR) is 73.3 cm³/mol. The molecule has 1 rings (SSSR count). The predicted octanol–water partition coefficient (Wildman–Crippen LogP) is 5.17. The van der Waals surface area contributed by atoms with Crippen molar-refractivity contribution in [2.24, 2.45) is 0 Å². The highest BCUT2D eigenvalue weighted by Gasteiger charge is 2.32. The fourth-order valence-electron chi connectivity index (χ4n) is 1.86. The molecule has 106 valence electrons. The van der Waals surface area contributed by atoms with Crippen LogP contribution in [0.1, 0.15) is 36.8 Å². The molecule has 19 heavy (non-hydrogen) atoms. The Kier molecular flexibility index (Phi) is 5.93. The van der Waals surface area contributed by atoms with Gasteiger partial charge in [-0.3, -0.25) is 0 Å². The van der Waals surface area contributed by atoms with Crippen molar-refractivity contribution in [3.05, 3.63) is 42.0 Å². The van der Waals surface area contributed by atoms with Gasteiger partial charge in [-0.15, -0.1) is 6.58 Å². The van der Waals surface area contributed by atoms with Gasteiger partial charge in [0.1, 0.15) is 0 Å². The lowest BCUT2D eigenvalue weighted by atomic mass is 10.1. The number of alkyl halides is 3. The first-order chi connectivity index (χ1) is 8.95. The summed E-state index contributed by atoms with van der Waals surface area (Å²) < 4.78 is 38.2. The maximum absolute atomic E-state index is 12.7. The number of hydrogen-bond donors (Lipinski definition) is 1. The number of halogens is 3. The largest absolute Gasteiger partial charge is 0.416 e. The van der Waals surface area contributed by atoms with E-state index in [0.29, 0.717) is 12.2 Å². The molecule has 1 aromatic carbocycles. The van der Waals surface area contributed by atoms with Crippen LogP contribution in [0.15, 0.2) is 30.9 Å². The molecular formula is C15H20F3N. The summed E-state index contributed by atoms with van der Waals surface area (Å²) in [6.45, 7) is 5.81. The Labute approximate surface area is 112 Å². The first-order valence-corrected chi connectivity index (χ1v) is 6.48. The summed E-state index contributed by atoms with van der Waals surface area (Å²) in [5.41, 5.74) is 0.217. The lowest BCUT2D eigenvalue weighted by Gasteiger charge is -2.13. The van der Waals surface area contributed by atoms with Gasteiger partial charge in [0.05, 0.1) is 5.56 Å². The number of anilines is 1. The van der Waals surface area contributed by atoms with Crippen molar-refractivity contribution in [2.75, 3.05) is 11.9 Å². The molecule has 4 heteroatoms. The normalized spacial score (nSPS) is 11.4. The van der Waals surface area contributed by atoms with Crippen molar-refractivity contribution in [1.29, 1.82) is 0 Å². The third kappa shape index (κ3) is 5.37. The van der Waals surface area contributed by atoms with Crippen LogP contribution in [0.5, 0.6) is 0 Å². The molecule has 0 spiro atoms. The Hall–Kier alpha value is -1.45. The zero-order valence-corrected chi connectivity index (χ0v) is 11.2. The van der Waals surface area contributed by atoms with Crippen LogP contribution in [0.25, 0.3) is 0 Å². The lowest BCUT2D eigenvalue weighted by molar-refractivity contribution is -0.138. The summed E-state index contributed by atoms with van der Waals surface area (Å²) in [5.74, 6) is 0. The average Bonchev–Trinajstić information content (AvgIpc) is 2.34. The molecule has 0 saturated carbocycles. The second-order valence-corrected chi connectivity index (χ2v) is 4.59. The fourth-order valence-corrected chi connectivity index (χ4v) is 1.86. The van der Waals surface area contributed by atoms with E-state index in [1.54, 1.807) is 6.07 Å². The second kappa shape index (κ2) is 7.22. The van der Waals surface area contributed by atoms with Crippen LogP contribution in [0, 0.1) is 6.92 Å². The number of unbranched alkanes of at least 4 members (excludes halogenated alkanes) is 3. The zero-order valence-electron chi connectivity index (χ0n) is 11.2. The average molecular weight is 271 g/mol. The Morgan fingerprint density at radius 2 is 1.95 bits per heavy atom. The third-order valence-corrected chi connectivity index (χ3v) is 2.96. The molecule has 0 aromatic heterocycles. The standard InChI is InChI=1S/C15H20F3N/c1-3-4-5-6-7-10-19-13-9-8-12(2)14(11-13)15(16,17)18/h3,8-9,11,19H,1,4-7,10H2,2H3. The van der Waals surface area contributed by atoms with E-state index >= 15 is 0 Å². The summed E-state index contributed by atoms with van der Waals surface area (Å²) in [6.07, 6.45) is 1.66. The molecule has 1 aromatic rings. The number of rotatable bonds is 7. The lowest BCUT2D eigenvalue weighted by Crippen LogP contribution is -2.09. The molecule has 0 saturated heterocycles. The molecule has 0 radical (unpaired) electrons. The molecule has 0 fully saturated rings. The number of aryl methyl sites for hydroxylation is 1. The van der Waals surface area contributed by atoms with E-state index in [9.17, 15) is 13.2 Å². The third-order valence-electron chi connectivity index (χ3n) is 2.96. The molecule has 0 aliphatic heterocycles. The molecule has 0 aliphatic rings. The van der Waals surface area contributed by atoms with Gasteiger partial charge in [-0.2, -0.15) is 13.2 Å². The van der Waals surface area contributed by atoms with Crippen molar-refractivity contribution in [3.63, 3.8) is 0 Å².